The predicted molar refractivity (Wildman–Crippen MR) is 72.0 cm³/mol. The average Bonchev–Trinajstić information content (AvgIpc) is 2.84. The zero-order valence-corrected chi connectivity index (χ0v) is 11.2. The number of halogens is 2. The van der Waals surface area contributed by atoms with Gasteiger partial charge in [-0.1, -0.05) is 29.3 Å². The van der Waals surface area contributed by atoms with Crippen LogP contribution in [0.25, 0.3) is 0 Å². The van der Waals surface area contributed by atoms with E-state index in [1.165, 1.54) is 0 Å². The van der Waals surface area contributed by atoms with Crippen molar-refractivity contribution >= 4 is 29.0 Å². The summed E-state index contributed by atoms with van der Waals surface area (Å²) in [6.07, 6.45) is 6.10. The Bertz CT molecular complexity index is 538. The van der Waals surface area contributed by atoms with E-state index in [-0.39, 0.29) is 5.78 Å². The van der Waals surface area contributed by atoms with Crippen molar-refractivity contribution in [1.29, 1.82) is 0 Å². The maximum absolute atomic E-state index is 11.8. The molecule has 0 saturated heterocycles. The van der Waals surface area contributed by atoms with E-state index in [0.717, 1.165) is 5.56 Å². The Kier molecular flexibility index (Phi) is 4.39. The summed E-state index contributed by atoms with van der Waals surface area (Å²) in [6.45, 7) is 0.653. The van der Waals surface area contributed by atoms with Crippen LogP contribution < -0.4 is 0 Å². The number of carbonyl (C=O) groups is 1. The molecule has 0 aliphatic rings. The summed E-state index contributed by atoms with van der Waals surface area (Å²) in [6, 6.07) is 5.27. The number of ketones is 1. The van der Waals surface area contributed by atoms with Crippen LogP contribution in [0.5, 0.6) is 0 Å². The number of hydrogen-bond donors (Lipinski definition) is 0. The van der Waals surface area contributed by atoms with Crippen LogP contribution in [-0.2, 0) is 17.8 Å². The van der Waals surface area contributed by atoms with Crippen molar-refractivity contribution in [3.8, 4) is 0 Å². The first-order valence-electron chi connectivity index (χ1n) is 5.56. The van der Waals surface area contributed by atoms with Gasteiger partial charge < -0.3 is 4.57 Å². The summed E-state index contributed by atoms with van der Waals surface area (Å²) in [5.41, 5.74) is 0.889. The minimum atomic E-state index is 0.169. The van der Waals surface area contributed by atoms with Crippen molar-refractivity contribution < 1.29 is 4.79 Å². The van der Waals surface area contributed by atoms with Gasteiger partial charge >= 0.3 is 0 Å². The lowest BCUT2D eigenvalue weighted by atomic mass is 10.1. The molecule has 0 N–H and O–H groups in total. The molecular formula is C13H12Cl2N2O. The molecule has 94 valence electrons. The van der Waals surface area contributed by atoms with E-state index in [9.17, 15) is 4.79 Å². The number of imidazole rings is 1. The normalized spacial score (nSPS) is 10.6. The van der Waals surface area contributed by atoms with E-state index < -0.39 is 0 Å². The zero-order chi connectivity index (χ0) is 13.0. The van der Waals surface area contributed by atoms with E-state index in [1.54, 1.807) is 24.7 Å². The molecule has 3 nitrogen and oxygen atoms in total. The molecule has 1 aromatic carbocycles. The van der Waals surface area contributed by atoms with Gasteiger partial charge in [-0.15, -0.1) is 0 Å². The SMILES string of the molecule is O=C(CCn1ccnc1)Cc1ccc(Cl)c(Cl)c1. The van der Waals surface area contributed by atoms with Crippen molar-refractivity contribution in [1.82, 2.24) is 9.55 Å². The summed E-state index contributed by atoms with van der Waals surface area (Å²) >= 11 is 11.7. The molecule has 0 aliphatic heterocycles. The van der Waals surface area contributed by atoms with Gasteiger partial charge in [0.1, 0.15) is 5.78 Å². The van der Waals surface area contributed by atoms with E-state index >= 15 is 0 Å². The smallest absolute Gasteiger partial charge is 0.139 e. The minimum Gasteiger partial charge on any atom is -0.337 e. The lowest BCUT2D eigenvalue weighted by Gasteiger charge is -2.04. The Morgan fingerprint density at radius 2 is 2.11 bits per heavy atom. The Hall–Kier alpha value is -1.32. The number of aryl methyl sites for hydroxylation is 1. The maximum Gasteiger partial charge on any atom is 0.139 e. The highest BCUT2D eigenvalue weighted by Gasteiger charge is 2.06. The number of benzene rings is 1. The first-order valence-corrected chi connectivity index (χ1v) is 6.32. The number of nitrogens with zero attached hydrogens (tertiary/aromatic N) is 2. The molecule has 0 fully saturated rings. The van der Waals surface area contributed by atoms with Gasteiger partial charge in [0.15, 0.2) is 0 Å². The van der Waals surface area contributed by atoms with Crippen LogP contribution in [0.2, 0.25) is 10.0 Å². The van der Waals surface area contributed by atoms with Gasteiger partial charge in [0.25, 0.3) is 0 Å². The molecule has 0 spiro atoms. The van der Waals surface area contributed by atoms with Crippen LogP contribution in [0.1, 0.15) is 12.0 Å². The van der Waals surface area contributed by atoms with Crippen LogP contribution in [0, 0.1) is 0 Å². The van der Waals surface area contributed by atoms with Gasteiger partial charge in [-0.05, 0) is 17.7 Å². The second kappa shape index (κ2) is 6.03. The summed E-state index contributed by atoms with van der Waals surface area (Å²) in [7, 11) is 0. The zero-order valence-electron chi connectivity index (χ0n) is 9.64. The standard InChI is InChI=1S/C13H12Cl2N2O/c14-12-2-1-10(8-13(12)15)7-11(18)3-5-17-6-4-16-9-17/h1-2,4,6,8-9H,3,5,7H2. The molecule has 0 radical (unpaired) electrons. The van der Waals surface area contributed by atoms with Crippen LogP contribution >= 0.6 is 23.2 Å². The van der Waals surface area contributed by atoms with Crippen molar-refractivity contribution in [3.63, 3.8) is 0 Å². The third-order valence-corrected chi connectivity index (χ3v) is 3.33. The Balaban J connectivity index is 1.88. The molecule has 0 atom stereocenters. The Morgan fingerprint density at radius 1 is 1.28 bits per heavy atom. The van der Waals surface area contributed by atoms with E-state index in [4.69, 9.17) is 23.2 Å². The highest BCUT2D eigenvalue weighted by Crippen LogP contribution is 2.22. The molecule has 1 aromatic heterocycles. The average molecular weight is 283 g/mol. The highest BCUT2D eigenvalue weighted by atomic mass is 35.5. The van der Waals surface area contributed by atoms with Crippen molar-refractivity contribution in [2.75, 3.05) is 0 Å². The second-order valence-electron chi connectivity index (χ2n) is 4.01. The molecule has 2 rings (SSSR count). The molecule has 0 unspecified atom stereocenters. The van der Waals surface area contributed by atoms with E-state index in [2.05, 4.69) is 4.98 Å². The molecule has 0 bridgehead atoms. The first-order chi connectivity index (χ1) is 8.65. The maximum atomic E-state index is 11.8. The van der Waals surface area contributed by atoms with Crippen LogP contribution in [0.3, 0.4) is 0 Å². The molecule has 5 heteroatoms. The first kappa shape index (κ1) is 13.1. The monoisotopic (exact) mass is 282 g/mol. The number of Topliss-reactive ketones (excluding diaryl/α,β-unsaturated/α-hetero) is 1. The summed E-state index contributed by atoms with van der Waals surface area (Å²) in [5, 5.41) is 0.989. The van der Waals surface area contributed by atoms with Crippen molar-refractivity contribution in [3.05, 3.63) is 52.5 Å². The molecule has 1 heterocycles. The van der Waals surface area contributed by atoms with Crippen molar-refractivity contribution in [2.24, 2.45) is 0 Å². The lowest BCUT2D eigenvalue weighted by molar-refractivity contribution is -0.118. The number of rotatable bonds is 5. The third-order valence-electron chi connectivity index (χ3n) is 2.59. The third kappa shape index (κ3) is 3.59. The van der Waals surface area contributed by atoms with Gasteiger partial charge in [-0.3, -0.25) is 4.79 Å². The molecule has 2 aromatic rings. The Labute approximate surface area is 115 Å². The van der Waals surface area contributed by atoms with E-state index in [0.29, 0.717) is 29.4 Å². The van der Waals surface area contributed by atoms with Gasteiger partial charge in [0.2, 0.25) is 0 Å². The fourth-order valence-corrected chi connectivity index (χ4v) is 1.96. The summed E-state index contributed by atoms with van der Waals surface area (Å²) in [5.74, 6) is 0.169. The fourth-order valence-electron chi connectivity index (χ4n) is 1.64. The summed E-state index contributed by atoms with van der Waals surface area (Å²) < 4.78 is 1.88. The number of carbonyl (C=O) groups excluding carboxylic acids is 1. The van der Waals surface area contributed by atoms with Crippen LogP contribution in [0.4, 0.5) is 0 Å². The quantitative estimate of drug-likeness (QED) is 0.843. The largest absolute Gasteiger partial charge is 0.337 e. The minimum absolute atomic E-state index is 0.169. The number of hydrogen-bond acceptors (Lipinski definition) is 2. The predicted octanol–water partition coefficient (Wildman–Crippen LogP) is 3.39. The van der Waals surface area contributed by atoms with Gasteiger partial charge in [-0.25, -0.2) is 4.98 Å². The molecule has 0 saturated carbocycles. The van der Waals surface area contributed by atoms with Crippen molar-refractivity contribution in [2.45, 2.75) is 19.4 Å². The van der Waals surface area contributed by atoms with Gasteiger partial charge in [-0.2, -0.15) is 0 Å². The Morgan fingerprint density at radius 3 is 2.78 bits per heavy atom. The second-order valence-corrected chi connectivity index (χ2v) is 4.83. The number of aromatic nitrogens is 2. The molecular weight excluding hydrogens is 271 g/mol. The molecule has 0 amide bonds. The summed E-state index contributed by atoms with van der Waals surface area (Å²) in [4.78, 5) is 15.7. The van der Waals surface area contributed by atoms with Gasteiger partial charge in [0, 0.05) is 31.8 Å². The van der Waals surface area contributed by atoms with Crippen LogP contribution in [0.15, 0.2) is 36.9 Å². The van der Waals surface area contributed by atoms with Gasteiger partial charge in [0.05, 0.1) is 16.4 Å². The topological polar surface area (TPSA) is 34.9 Å². The molecule has 18 heavy (non-hydrogen) atoms. The van der Waals surface area contributed by atoms with Crippen LogP contribution in [-0.4, -0.2) is 15.3 Å². The fraction of sp³-hybridized carbons (Fsp3) is 0.231. The molecule has 0 aliphatic carbocycles. The highest BCUT2D eigenvalue weighted by molar-refractivity contribution is 6.42. The van der Waals surface area contributed by atoms with E-state index in [1.807, 2.05) is 16.8 Å². The lowest BCUT2D eigenvalue weighted by Crippen LogP contribution is -2.07.